The van der Waals surface area contributed by atoms with Crippen LogP contribution in [0.15, 0.2) is 24.3 Å². The Morgan fingerprint density at radius 1 is 1.47 bits per heavy atom. The number of aliphatic hydroxyl groups is 1. The van der Waals surface area contributed by atoms with E-state index in [0.717, 1.165) is 0 Å². The van der Waals surface area contributed by atoms with Crippen LogP contribution in [0.4, 0.5) is 4.39 Å². The molecule has 1 amide bonds. The Balaban J connectivity index is 2.58. The summed E-state index contributed by atoms with van der Waals surface area (Å²) in [5.41, 5.74) is 4.88. The van der Waals surface area contributed by atoms with E-state index in [4.69, 9.17) is 5.73 Å². The van der Waals surface area contributed by atoms with Gasteiger partial charge in [0.05, 0.1) is 11.6 Å². The van der Waals surface area contributed by atoms with Crippen LogP contribution in [-0.4, -0.2) is 23.1 Å². The van der Waals surface area contributed by atoms with Crippen LogP contribution >= 0.6 is 0 Å². The second-order valence-corrected chi connectivity index (χ2v) is 4.44. The molecule has 0 aliphatic heterocycles. The Morgan fingerprint density at radius 2 is 2.00 bits per heavy atom. The van der Waals surface area contributed by atoms with Crippen molar-refractivity contribution in [1.29, 1.82) is 0 Å². The lowest BCUT2D eigenvalue weighted by Gasteiger charge is -2.24. The van der Waals surface area contributed by atoms with Crippen LogP contribution in [0.3, 0.4) is 0 Å². The molecule has 0 bridgehead atoms. The maximum absolute atomic E-state index is 12.7. The van der Waals surface area contributed by atoms with E-state index in [1.54, 1.807) is 13.8 Å². The third-order valence-electron chi connectivity index (χ3n) is 2.61. The van der Waals surface area contributed by atoms with Gasteiger partial charge in [-0.15, -0.1) is 0 Å². The van der Waals surface area contributed by atoms with Gasteiger partial charge in [0, 0.05) is 6.54 Å². The lowest BCUT2D eigenvalue weighted by atomic mass is 10.0. The number of benzene rings is 1. The molecule has 0 saturated carbocycles. The number of aliphatic hydroxyl groups excluding tert-OH is 1. The molecule has 0 saturated heterocycles. The first-order chi connectivity index (χ1) is 7.83. The average molecular weight is 240 g/mol. The molecule has 1 aromatic carbocycles. The fraction of sp³-hybridized carbons (Fsp3) is 0.417. The number of rotatable bonds is 5. The fourth-order valence-corrected chi connectivity index (χ4v) is 1.24. The molecule has 0 aromatic heterocycles. The standard InChI is InChI=1S/C12H17FN2O2/c1-12(2,11(14)17)15-7-10(16)8-3-5-9(13)6-4-8/h3-6,10,15-16H,7H2,1-2H3,(H2,14,17). The highest BCUT2D eigenvalue weighted by Gasteiger charge is 2.25. The second-order valence-electron chi connectivity index (χ2n) is 4.44. The first-order valence-electron chi connectivity index (χ1n) is 5.31. The van der Waals surface area contributed by atoms with Crippen LogP contribution in [0.5, 0.6) is 0 Å². The minimum Gasteiger partial charge on any atom is -0.387 e. The van der Waals surface area contributed by atoms with E-state index in [2.05, 4.69) is 5.32 Å². The zero-order valence-corrected chi connectivity index (χ0v) is 9.90. The van der Waals surface area contributed by atoms with Gasteiger partial charge in [-0.3, -0.25) is 4.79 Å². The van der Waals surface area contributed by atoms with Crippen molar-refractivity contribution in [2.75, 3.05) is 6.54 Å². The van der Waals surface area contributed by atoms with E-state index in [9.17, 15) is 14.3 Å². The molecule has 0 fully saturated rings. The van der Waals surface area contributed by atoms with Gasteiger partial charge in [0.1, 0.15) is 5.82 Å². The van der Waals surface area contributed by atoms with Crippen molar-refractivity contribution >= 4 is 5.91 Å². The van der Waals surface area contributed by atoms with Gasteiger partial charge >= 0.3 is 0 Å². The molecule has 5 heteroatoms. The van der Waals surface area contributed by atoms with Gasteiger partial charge in [-0.1, -0.05) is 12.1 Å². The lowest BCUT2D eigenvalue weighted by Crippen LogP contribution is -2.51. The molecule has 17 heavy (non-hydrogen) atoms. The van der Waals surface area contributed by atoms with Crippen LogP contribution in [0, 0.1) is 5.82 Å². The van der Waals surface area contributed by atoms with E-state index in [0.29, 0.717) is 5.56 Å². The highest BCUT2D eigenvalue weighted by atomic mass is 19.1. The van der Waals surface area contributed by atoms with Crippen molar-refractivity contribution in [3.8, 4) is 0 Å². The highest BCUT2D eigenvalue weighted by molar-refractivity contribution is 5.83. The summed E-state index contributed by atoms with van der Waals surface area (Å²) in [6, 6.07) is 5.55. The van der Waals surface area contributed by atoms with Crippen LogP contribution in [0.25, 0.3) is 0 Å². The van der Waals surface area contributed by atoms with Crippen molar-refractivity contribution in [2.24, 2.45) is 5.73 Å². The first kappa shape index (κ1) is 13.6. The molecule has 0 aliphatic carbocycles. The number of carbonyl (C=O) groups excluding carboxylic acids is 1. The van der Waals surface area contributed by atoms with E-state index in [1.165, 1.54) is 24.3 Å². The summed E-state index contributed by atoms with van der Waals surface area (Å²) in [5.74, 6) is -0.852. The Hall–Kier alpha value is -1.46. The molecular formula is C12H17FN2O2. The third-order valence-corrected chi connectivity index (χ3v) is 2.61. The summed E-state index contributed by atoms with van der Waals surface area (Å²) in [5, 5.41) is 12.7. The number of hydrogen-bond donors (Lipinski definition) is 3. The molecule has 4 nitrogen and oxygen atoms in total. The van der Waals surface area contributed by atoms with Crippen molar-refractivity contribution < 1.29 is 14.3 Å². The summed E-state index contributed by atoms with van der Waals surface area (Å²) in [6.45, 7) is 3.43. The van der Waals surface area contributed by atoms with Gasteiger partial charge in [0.2, 0.25) is 5.91 Å². The van der Waals surface area contributed by atoms with Crippen molar-refractivity contribution in [3.05, 3.63) is 35.6 Å². The predicted octanol–water partition coefficient (Wildman–Crippen LogP) is 0.713. The summed E-state index contributed by atoms with van der Waals surface area (Å²) >= 11 is 0. The van der Waals surface area contributed by atoms with Gasteiger partial charge < -0.3 is 16.2 Å². The van der Waals surface area contributed by atoms with E-state index < -0.39 is 17.6 Å². The topological polar surface area (TPSA) is 75.3 Å². The van der Waals surface area contributed by atoms with Gasteiger partial charge in [0.25, 0.3) is 0 Å². The van der Waals surface area contributed by atoms with Crippen molar-refractivity contribution in [1.82, 2.24) is 5.32 Å². The number of nitrogens with one attached hydrogen (secondary N) is 1. The maximum atomic E-state index is 12.7. The molecule has 0 radical (unpaired) electrons. The molecule has 0 heterocycles. The number of primary amides is 1. The number of β-amino-alcohol motifs (C(OH)–C–C–N with tert-alkyl or cyclic N) is 1. The minimum atomic E-state index is -0.888. The minimum absolute atomic E-state index is 0.168. The Kier molecular flexibility index (Phi) is 4.20. The number of nitrogens with two attached hydrogens (primary N) is 1. The van der Waals surface area contributed by atoms with E-state index in [1.807, 2.05) is 0 Å². The van der Waals surface area contributed by atoms with Gasteiger partial charge in [0.15, 0.2) is 0 Å². The Labute approximate surface area is 99.6 Å². The van der Waals surface area contributed by atoms with E-state index in [-0.39, 0.29) is 12.4 Å². The molecule has 1 aromatic rings. The van der Waals surface area contributed by atoms with Crippen molar-refractivity contribution in [3.63, 3.8) is 0 Å². The normalized spacial score (nSPS) is 13.4. The summed E-state index contributed by atoms with van der Waals surface area (Å²) in [6.07, 6.45) is -0.811. The molecule has 0 aliphatic rings. The maximum Gasteiger partial charge on any atom is 0.237 e. The molecule has 0 spiro atoms. The van der Waals surface area contributed by atoms with Crippen LogP contribution in [0.1, 0.15) is 25.5 Å². The molecule has 4 N–H and O–H groups in total. The zero-order chi connectivity index (χ0) is 13.1. The second kappa shape index (κ2) is 5.25. The van der Waals surface area contributed by atoms with Gasteiger partial charge in [-0.2, -0.15) is 0 Å². The van der Waals surface area contributed by atoms with Crippen molar-refractivity contribution in [2.45, 2.75) is 25.5 Å². The van der Waals surface area contributed by atoms with Crippen LogP contribution in [0.2, 0.25) is 0 Å². The monoisotopic (exact) mass is 240 g/mol. The number of amides is 1. The fourth-order valence-electron chi connectivity index (χ4n) is 1.24. The van der Waals surface area contributed by atoms with Gasteiger partial charge in [-0.25, -0.2) is 4.39 Å². The largest absolute Gasteiger partial charge is 0.387 e. The lowest BCUT2D eigenvalue weighted by molar-refractivity contribution is -0.123. The first-order valence-corrected chi connectivity index (χ1v) is 5.31. The summed E-state index contributed by atoms with van der Waals surface area (Å²) < 4.78 is 12.7. The Bertz CT molecular complexity index is 390. The van der Waals surface area contributed by atoms with Crippen LogP contribution < -0.4 is 11.1 Å². The Morgan fingerprint density at radius 3 is 2.47 bits per heavy atom. The third kappa shape index (κ3) is 3.80. The number of halogens is 1. The number of hydrogen-bond acceptors (Lipinski definition) is 3. The molecule has 1 unspecified atom stereocenters. The SMILES string of the molecule is CC(C)(NCC(O)c1ccc(F)cc1)C(N)=O. The molecule has 94 valence electrons. The molecule has 1 rings (SSSR count). The zero-order valence-electron chi connectivity index (χ0n) is 9.90. The quantitative estimate of drug-likeness (QED) is 0.709. The number of carbonyl (C=O) groups is 1. The summed E-state index contributed by atoms with van der Waals surface area (Å²) in [7, 11) is 0. The average Bonchev–Trinajstić information content (AvgIpc) is 2.27. The predicted molar refractivity (Wildman–Crippen MR) is 62.6 cm³/mol. The van der Waals surface area contributed by atoms with Gasteiger partial charge in [-0.05, 0) is 31.5 Å². The molecule has 1 atom stereocenters. The molecular weight excluding hydrogens is 223 g/mol. The smallest absolute Gasteiger partial charge is 0.237 e. The van der Waals surface area contributed by atoms with Crippen LogP contribution in [-0.2, 0) is 4.79 Å². The highest BCUT2D eigenvalue weighted by Crippen LogP contribution is 2.13. The van der Waals surface area contributed by atoms with E-state index >= 15 is 0 Å². The summed E-state index contributed by atoms with van der Waals surface area (Å²) in [4.78, 5) is 11.0.